The summed E-state index contributed by atoms with van der Waals surface area (Å²) >= 11 is 0. The third-order valence-corrected chi connectivity index (χ3v) is 4.90. The molecule has 1 fully saturated rings. The Balaban J connectivity index is 2.16. The Kier molecular flexibility index (Phi) is 8.14. The smallest absolute Gasteiger partial charge is 0.335 e. The van der Waals surface area contributed by atoms with Crippen molar-refractivity contribution in [2.75, 3.05) is 45.3 Å². The van der Waals surface area contributed by atoms with Gasteiger partial charge in [-0.1, -0.05) is 0 Å². The summed E-state index contributed by atoms with van der Waals surface area (Å²) < 4.78 is 10.4. The number of hydrogen-bond donors (Lipinski definition) is 2. The zero-order valence-electron chi connectivity index (χ0n) is 17.4. The molecule has 1 unspecified atom stereocenters. The fourth-order valence-electron chi connectivity index (χ4n) is 3.13. The number of hydrogen-bond acceptors (Lipinski definition) is 6. The number of rotatable bonds is 10. The Morgan fingerprint density at radius 2 is 1.90 bits per heavy atom. The predicted octanol–water partition coefficient (Wildman–Crippen LogP) is 0.288. The van der Waals surface area contributed by atoms with Crippen molar-refractivity contribution in [3.05, 3.63) is 18.2 Å². The van der Waals surface area contributed by atoms with Crippen LogP contribution in [0.15, 0.2) is 23.2 Å². The van der Waals surface area contributed by atoms with E-state index in [-0.39, 0.29) is 5.69 Å². The Morgan fingerprint density at radius 3 is 2.52 bits per heavy atom. The van der Waals surface area contributed by atoms with E-state index in [0.717, 1.165) is 31.0 Å². The second-order valence-corrected chi connectivity index (χ2v) is 6.60. The molecule has 9 heteroatoms. The summed E-state index contributed by atoms with van der Waals surface area (Å²) in [5.41, 5.74) is 0.199. The minimum atomic E-state index is -1.18. The van der Waals surface area contributed by atoms with Gasteiger partial charge in [0.1, 0.15) is 11.5 Å². The summed E-state index contributed by atoms with van der Waals surface area (Å²) in [5, 5.41) is 2.21. The third kappa shape index (κ3) is 5.32. The van der Waals surface area contributed by atoms with Crippen molar-refractivity contribution in [2.45, 2.75) is 20.3 Å². The normalized spacial score (nSPS) is 17.2. The fraction of sp³-hybridized carbons (Fsp3) is 0.500. The Bertz CT molecular complexity index is 776. The molecule has 4 amide bonds. The molecule has 0 aromatic heterocycles. The monoisotopic (exact) mass is 405 g/mol. The molecule has 1 atom stereocenters. The molecule has 1 aliphatic rings. The number of benzene rings is 1. The molecule has 1 saturated heterocycles. The Morgan fingerprint density at radius 1 is 1.17 bits per heavy atom. The summed E-state index contributed by atoms with van der Waals surface area (Å²) in [6, 6.07) is 3.91. The van der Waals surface area contributed by atoms with Crippen molar-refractivity contribution < 1.29 is 28.8 Å². The van der Waals surface area contributed by atoms with Crippen LogP contribution in [0.25, 0.3) is 0 Å². The van der Waals surface area contributed by atoms with E-state index in [4.69, 9.17) is 9.47 Å². The van der Waals surface area contributed by atoms with Crippen LogP contribution in [0, 0.1) is 5.92 Å². The third-order valence-electron chi connectivity index (χ3n) is 4.90. The second-order valence-electron chi connectivity index (χ2n) is 6.60. The lowest BCUT2D eigenvalue weighted by Gasteiger charge is -2.29. The second kappa shape index (κ2) is 10.6. The lowest BCUT2D eigenvalue weighted by atomic mass is 10.1. The minimum Gasteiger partial charge on any atom is -0.497 e. The highest BCUT2D eigenvalue weighted by Crippen LogP contribution is 2.34. The molecule has 1 aromatic rings. The van der Waals surface area contributed by atoms with Gasteiger partial charge in [-0.15, -0.1) is 0 Å². The van der Waals surface area contributed by atoms with Gasteiger partial charge in [0.25, 0.3) is 5.91 Å². The van der Waals surface area contributed by atoms with Crippen molar-refractivity contribution in [1.82, 2.24) is 5.32 Å². The fourth-order valence-corrected chi connectivity index (χ4v) is 3.13. The van der Waals surface area contributed by atoms with Crippen LogP contribution in [0.2, 0.25) is 0 Å². The highest BCUT2D eigenvalue weighted by molar-refractivity contribution is 6.33. The number of nitrogens with one attached hydrogen (secondary N) is 2. The first-order valence-corrected chi connectivity index (χ1v) is 9.71. The minimum absolute atomic E-state index is 0.199. The zero-order chi connectivity index (χ0) is 21.4. The number of barbiturate groups is 1. The van der Waals surface area contributed by atoms with E-state index in [2.05, 4.69) is 24.2 Å². The first-order valence-electron chi connectivity index (χ1n) is 9.71. The molecule has 9 nitrogen and oxygen atoms in total. The molecule has 1 aromatic carbocycles. The van der Waals surface area contributed by atoms with Crippen molar-refractivity contribution in [1.29, 1.82) is 0 Å². The van der Waals surface area contributed by atoms with Crippen molar-refractivity contribution in [3.63, 3.8) is 0 Å². The quantitative estimate of drug-likeness (QED) is 0.331. The van der Waals surface area contributed by atoms with Gasteiger partial charge in [0.2, 0.25) is 5.91 Å². The van der Waals surface area contributed by atoms with Crippen LogP contribution in [-0.2, 0) is 9.59 Å². The van der Waals surface area contributed by atoms with Gasteiger partial charge in [0.05, 0.1) is 39.5 Å². The molecule has 0 aliphatic carbocycles. The molecule has 1 aliphatic heterocycles. The van der Waals surface area contributed by atoms with Crippen LogP contribution < -0.4 is 24.6 Å². The Labute approximate surface area is 170 Å². The van der Waals surface area contributed by atoms with Crippen LogP contribution in [0.3, 0.4) is 0 Å². The zero-order valence-corrected chi connectivity index (χ0v) is 17.4. The van der Waals surface area contributed by atoms with Crippen LogP contribution in [0.1, 0.15) is 20.3 Å². The Hall–Kier alpha value is -2.94. The number of amides is 4. The SMILES string of the molecule is CC[NH+](CC)CCCN=CC1C(=O)NC(=O)N(c2cc(OC)ccc2OC)C1=O. The average molecular weight is 405 g/mol. The topological polar surface area (TPSA) is 102 Å². The molecule has 0 saturated carbocycles. The molecule has 29 heavy (non-hydrogen) atoms. The van der Waals surface area contributed by atoms with Gasteiger partial charge in [-0.25, -0.2) is 9.69 Å². The number of aliphatic imine (C=N–C) groups is 1. The van der Waals surface area contributed by atoms with Crippen LogP contribution in [-0.4, -0.2) is 64.5 Å². The van der Waals surface area contributed by atoms with Gasteiger partial charge in [0.15, 0.2) is 5.92 Å². The van der Waals surface area contributed by atoms with Crippen molar-refractivity contribution >= 4 is 29.7 Å². The van der Waals surface area contributed by atoms with Crippen molar-refractivity contribution in [2.24, 2.45) is 10.9 Å². The van der Waals surface area contributed by atoms with E-state index in [0.29, 0.717) is 18.0 Å². The first kappa shape index (κ1) is 22.4. The molecular weight excluding hydrogens is 376 g/mol. The molecule has 2 rings (SSSR count). The van der Waals surface area contributed by atoms with E-state index in [9.17, 15) is 14.4 Å². The lowest BCUT2D eigenvalue weighted by Crippen LogP contribution is -3.11. The van der Waals surface area contributed by atoms with Crippen LogP contribution in [0.4, 0.5) is 10.5 Å². The summed E-state index contributed by atoms with van der Waals surface area (Å²) in [6.45, 7) is 7.83. The maximum atomic E-state index is 12.9. The predicted molar refractivity (Wildman–Crippen MR) is 109 cm³/mol. The molecule has 0 spiro atoms. The number of anilines is 1. The number of ether oxygens (including phenoxy) is 2. The number of methoxy groups -OCH3 is 2. The first-order chi connectivity index (χ1) is 14.0. The van der Waals surface area contributed by atoms with Gasteiger partial charge in [0, 0.05) is 25.2 Å². The summed E-state index contributed by atoms with van der Waals surface area (Å²) in [4.78, 5) is 44.1. The summed E-state index contributed by atoms with van der Waals surface area (Å²) in [6.07, 6.45) is 2.17. The number of quaternary nitrogens is 1. The maximum Gasteiger partial charge on any atom is 0.335 e. The molecule has 0 bridgehead atoms. The maximum absolute atomic E-state index is 12.9. The van der Waals surface area contributed by atoms with E-state index < -0.39 is 23.8 Å². The van der Waals surface area contributed by atoms with Gasteiger partial charge >= 0.3 is 6.03 Å². The average Bonchev–Trinajstić information content (AvgIpc) is 2.72. The van der Waals surface area contributed by atoms with E-state index in [1.165, 1.54) is 31.4 Å². The standard InChI is InChI=1S/C20H28N4O5/c1-5-23(6-2)11-7-10-21-13-15-18(25)22-20(27)24(19(15)26)16-12-14(28-3)8-9-17(16)29-4/h8-9,12-13,15H,5-7,10-11H2,1-4H3,(H,22,25,27)/p+1. The van der Waals surface area contributed by atoms with E-state index in [1.54, 1.807) is 12.1 Å². The van der Waals surface area contributed by atoms with Crippen molar-refractivity contribution in [3.8, 4) is 11.5 Å². The highest BCUT2D eigenvalue weighted by atomic mass is 16.5. The number of nitrogens with zero attached hydrogens (tertiary/aromatic N) is 2. The number of carbonyl (C=O) groups excluding carboxylic acids is 3. The summed E-state index contributed by atoms with van der Waals surface area (Å²) in [5.74, 6) is -1.78. The van der Waals surface area contributed by atoms with Gasteiger partial charge in [-0.05, 0) is 26.0 Å². The number of imide groups is 2. The molecule has 158 valence electrons. The molecule has 0 radical (unpaired) electrons. The van der Waals surface area contributed by atoms with Crippen LogP contribution in [0.5, 0.6) is 11.5 Å². The van der Waals surface area contributed by atoms with E-state index >= 15 is 0 Å². The largest absolute Gasteiger partial charge is 0.497 e. The van der Waals surface area contributed by atoms with Gasteiger partial charge < -0.3 is 14.4 Å². The van der Waals surface area contributed by atoms with Gasteiger partial charge in [-0.2, -0.15) is 0 Å². The van der Waals surface area contributed by atoms with E-state index in [1.807, 2.05) is 0 Å². The summed E-state index contributed by atoms with van der Waals surface area (Å²) in [7, 11) is 2.90. The molecule has 1 heterocycles. The highest BCUT2D eigenvalue weighted by Gasteiger charge is 2.41. The lowest BCUT2D eigenvalue weighted by molar-refractivity contribution is -0.896. The molecular formula is C20H29N4O5+. The van der Waals surface area contributed by atoms with Gasteiger partial charge in [-0.3, -0.25) is 19.9 Å². The number of urea groups is 1. The number of carbonyl (C=O) groups is 3. The molecule has 2 N–H and O–H groups in total. The van der Waals surface area contributed by atoms with Crippen LogP contribution >= 0.6 is 0 Å².